The van der Waals surface area contributed by atoms with Gasteiger partial charge in [0.2, 0.25) is 0 Å². The highest BCUT2D eigenvalue weighted by Crippen LogP contribution is 2.55. The average Bonchev–Trinajstić information content (AvgIpc) is 3.48. The molecule has 0 spiro atoms. The molecule has 0 saturated carbocycles. The molecule has 0 atom stereocenters. The monoisotopic (exact) mass is 914 g/mol. The first kappa shape index (κ1) is 43.9. The van der Waals surface area contributed by atoms with Crippen molar-refractivity contribution in [2.45, 2.75) is 0 Å². The fourth-order valence-electron chi connectivity index (χ4n) is 10.8. The molecule has 0 aliphatic heterocycles. The third-order valence-corrected chi connectivity index (χ3v) is 13.9. The first-order valence-corrected chi connectivity index (χ1v) is 24.8. The van der Waals surface area contributed by atoms with Crippen LogP contribution in [0.1, 0.15) is 0 Å². The molecule has 0 bridgehead atoms. The first-order valence-electron chi connectivity index (χ1n) is 24.8. The van der Waals surface area contributed by atoms with E-state index in [1.807, 2.05) is 0 Å². The van der Waals surface area contributed by atoms with Gasteiger partial charge < -0.3 is 0 Å². The van der Waals surface area contributed by atoms with Gasteiger partial charge >= 0.3 is 0 Å². The van der Waals surface area contributed by atoms with Crippen LogP contribution < -0.4 is 0 Å². The minimum atomic E-state index is 1.16. The molecule has 72 heavy (non-hydrogen) atoms. The van der Waals surface area contributed by atoms with Crippen LogP contribution in [0.3, 0.4) is 0 Å². The van der Waals surface area contributed by atoms with E-state index < -0.39 is 0 Å². The van der Waals surface area contributed by atoms with E-state index in [4.69, 9.17) is 0 Å². The summed E-state index contributed by atoms with van der Waals surface area (Å²) in [6.45, 7) is 0. The molecule has 0 amide bonds. The van der Waals surface area contributed by atoms with E-state index in [0.717, 1.165) is 33.4 Å². The summed E-state index contributed by atoms with van der Waals surface area (Å²) in [5.74, 6) is 0. The molecule has 0 radical (unpaired) electrons. The molecular weight excluding hydrogens is 865 g/mol. The minimum absolute atomic E-state index is 1.16. The molecule has 338 valence electrons. The van der Waals surface area contributed by atoms with Gasteiger partial charge in [-0.05, 0) is 135 Å². The molecule has 0 heterocycles. The van der Waals surface area contributed by atoms with Crippen molar-refractivity contribution < 1.29 is 0 Å². The van der Waals surface area contributed by atoms with Gasteiger partial charge in [0.25, 0.3) is 0 Å². The summed E-state index contributed by atoms with van der Waals surface area (Å²) in [6.07, 6.45) is 0. The summed E-state index contributed by atoms with van der Waals surface area (Å²) in [5, 5.41) is 0. The number of rotatable bonds is 11. The van der Waals surface area contributed by atoms with Gasteiger partial charge in [-0.3, -0.25) is 0 Å². The van der Waals surface area contributed by atoms with Gasteiger partial charge in [0.1, 0.15) is 0 Å². The van der Waals surface area contributed by atoms with Crippen LogP contribution in [-0.2, 0) is 0 Å². The zero-order valence-corrected chi connectivity index (χ0v) is 39.9. The van der Waals surface area contributed by atoms with E-state index in [0.29, 0.717) is 0 Å². The smallest absolute Gasteiger partial charge is 0.00143 e. The Morgan fingerprint density at radius 2 is 0.278 bits per heavy atom. The summed E-state index contributed by atoms with van der Waals surface area (Å²) in [5.41, 5.74) is 25.9. The summed E-state index contributed by atoms with van der Waals surface area (Å²) in [7, 11) is 0. The van der Waals surface area contributed by atoms with Crippen LogP contribution >= 0.6 is 0 Å². The molecule has 12 aromatic rings. The Kier molecular flexibility index (Phi) is 12.1. The van der Waals surface area contributed by atoms with Crippen molar-refractivity contribution in [3.8, 4) is 122 Å². The molecule has 0 aromatic heterocycles. The molecule has 0 saturated heterocycles. The number of benzene rings is 12. The lowest BCUT2D eigenvalue weighted by Gasteiger charge is -2.27. The van der Waals surface area contributed by atoms with Gasteiger partial charge in [-0.25, -0.2) is 0 Å². The zero-order chi connectivity index (χ0) is 48.1. The van der Waals surface area contributed by atoms with Crippen molar-refractivity contribution in [2.24, 2.45) is 0 Å². The summed E-state index contributed by atoms with van der Waals surface area (Å²) in [4.78, 5) is 0. The van der Waals surface area contributed by atoms with Crippen LogP contribution in [-0.4, -0.2) is 0 Å². The summed E-state index contributed by atoms with van der Waals surface area (Å²) in [6, 6.07) is 111. The fraction of sp³-hybridized carbons (Fsp3) is 0. The van der Waals surface area contributed by atoms with E-state index in [1.54, 1.807) is 0 Å². The molecule has 12 aromatic carbocycles. The Balaban J connectivity index is 1.21. The molecule has 0 fully saturated rings. The second kappa shape index (κ2) is 19.9. The van der Waals surface area contributed by atoms with Gasteiger partial charge in [0, 0.05) is 0 Å². The maximum absolute atomic E-state index is 2.47. The predicted molar refractivity (Wildman–Crippen MR) is 306 cm³/mol. The molecule has 0 N–H and O–H groups in total. The maximum atomic E-state index is 2.47. The highest BCUT2D eigenvalue weighted by Gasteiger charge is 2.28. The predicted octanol–water partition coefficient (Wildman–Crippen LogP) is 20.0. The van der Waals surface area contributed by atoms with Gasteiger partial charge in [-0.2, -0.15) is 0 Å². The van der Waals surface area contributed by atoms with Crippen molar-refractivity contribution in [1.29, 1.82) is 0 Å². The Hall–Kier alpha value is -9.36. The Labute approximate surface area is 423 Å². The Morgan fingerprint density at radius 3 is 0.514 bits per heavy atom. The SMILES string of the molecule is c1ccc(-c2cc(-c3ccccc3-c3ccccc3-c3cc(-c4ccccc4)c(-c4ccccc4)c(-c4ccccc4)c3-c3ccccc3)c(-c3ccccc3)c(-c3ccccc3)c2-c2ccccc2)cc1. The van der Waals surface area contributed by atoms with Crippen LogP contribution in [0.15, 0.2) is 303 Å². The van der Waals surface area contributed by atoms with E-state index >= 15 is 0 Å². The van der Waals surface area contributed by atoms with Gasteiger partial charge in [0.15, 0.2) is 0 Å². The Bertz CT molecular complexity index is 3520. The fourth-order valence-corrected chi connectivity index (χ4v) is 10.8. The third-order valence-electron chi connectivity index (χ3n) is 13.9. The second-order valence-electron chi connectivity index (χ2n) is 18.2. The van der Waals surface area contributed by atoms with Gasteiger partial charge in [-0.15, -0.1) is 0 Å². The lowest BCUT2D eigenvalue weighted by Crippen LogP contribution is -2.00. The van der Waals surface area contributed by atoms with Crippen molar-refractivity contribution in [2.75, 3.05) is 0 Å². The van der Waals surface area contributed by atoms with Crippen LogP contribution in [0.2, 0.25) is 0 Å². The topological polar surface area (TPSA) is 0 Å². The van der Waals surface area contributed by atoms with E-state index in [2.05, 4.69) is 303 Å². The van der Waals surface area contributed by atoms with E-state index in [1.165, 1.54) is 89.0 Å². The number of hydrogen-bond acceptors (Lipinski definition) is 0. The zero-order valence-electron chi connectivity index (χ0n) is 39.9. The molecule has 0 unspecified atom stereocenters. The molecule has 12 rings (SSSR count). The van der Waals surface area contributed by atoms with Gasteiger partial charge in [-0.1, -0.05) is 291 Å². The van der Waals surface area contributed by atoms with Crippen LogP contribution in [0.4, 0.5) is 0 Å². The number of hydrogen-bond donors (Lipinski definition) is 0. The van der Waals surface area contributed by atoms with E-state index in [9.17, 15) is 0 Å². The highest BCUT2D eigenvalue weighted by atomic mass is 14.3. The minimum Gasteiger partial charge on any atom is -0.0622 e. The van der Waals surface area contributed by atoms with Gasteiger partial charge in [0.05, 0.1) is 0 Å². The lowest BCUT2D eigenvalue weighted by atomic mass is 9.76. The van der Waals surface area contributed by atoms with Crippen molar-refractivity contribution in [3.63, 3.8) is 0 Å². The second-order valence-corrected chi connectivity index (χ2v) is 18.2. The third kappa shape index (κ3) is 8.36. The van der Waals surface area contributed by atoms with Crippen molar-refractivity contribution in [1.82, 2.24) is 0 Å². The van der Waals surface area contributed by atoms with Crippen molar-refractivity contribution >= 4 is 0 Å². The largest absolute Gasteiger partial charge is 0.0622 e. The quantitative estimate of drug-likeness (QED) is 0.121. The average molecular weight is 915 g/mol. The van der Waals surface area contributed by atoms with E-state index in [-0.39, 0.29) is 0 Å². The summed E-state index contributed by atoms with van der Waals surface area (Å²) >= 11 is 0. The first-order chi connectivity index (χ1) is 35.8. The molecule has 0 aliphatic rings. The van der Waals surface area contributed by atoms with Crippen LogP contribution in [0.5, 0.6) is 0 Å². The molecule has 0 nitrogen and oxygen atoms in total. The molecule has 0 heteroatoms. The summed E-state index contributed by atoms with van der Waals surface area (Å²) < 4.78 is 0. The lowest BCUT2D eigenvalue weighted by molar-refractivity contribution is 1.51. The standard InChI is InChI=1S/C72H50/c1-9-29-51(30-10-1)63-49-65(69(55-37-17-5-18-38-55)71(57-41-21-7-22-42-57)67(63)53-33-13-3-14-34-53)61-47-27-25-45-59(61)60-46-26-28-48-62(60)66-50-64(52-31-11-2-12-32-52)68(54-35-15-4-16-36-54)72(58-43-23-8-24-44-58)70(66)56-39-19-6-20-40-56/h1-50H. The normalized spacial score (nSPS) is 11.1. The maximum Gasteiger partial charge on any atom is -0.00143 e. The Morgan fingerprint density at radius 1 is 0.111 bits per heavy atom. The molecule has 0 aliphatic carbocycles. The van der Waals surface area contributed by atoms with Crippen LogP contribution in [0, 0.1) is 0 Å². The van der Waals surface area contributed by atoms with Crippen molar-refractivity contribution in [3.05, 3.63) is 303 Å². The molecular formula is C72H50. The van der Waals surface area contributed by atoms with Crippen LogP contribution in [0.25, 0.3) is 122 Å². The highest BCUT2D eigenvalue weighted by molar-refractivity contribution is 6.12.